The van der Waals surface area contributed by atoms with Crippen LogP contribution in [0, 0.1) is 6.92 Å². The van der Waals surface area contributed by atoms with Crippen LogP contribution in [0.5, 0.6) is 11.5 Å². The van der Waals surface area contributed by atoms with Gasteiger partial charge in [0.25, 0.3) is 0 Å². The SMILES string of the molecule is Cc1ccc(C(=O)/C=C/c2ccc(OC(=O)COc3ccc(Cl)cc3Cl)cc2)cc1. The number of ketones is 1. The largest absolute Gasteiger partial charge is 0.480 e. The Bertz CT molecular complexity index is 1070. The summed E-state index contributed by atoms with van der Waals surface area (Å²) in [6.07, 6.45) is 3.22. The molecule has 0 unspecified atom stereocenters. The van der Waals surface area contributed by atoms with Crippen molar-refractivity contribution in [1.29, 1.82) is 0 Å². The van der Waals surface area contributed by atoms with Crippen LogP contribution in [0.4, 0.5) is 0 Å². The molecule has 0 N–H and O–H groups in total. The number of carbonyl (C=O) groups excluding carboxylic acids is 2. The average molecular weight is 441 g/mol. The Kier molecular flexibility index (Phi) is 7.28. The summed E-state index contributed by atoms with van der Waals surface area (Å²) in [5, 5.41) is 0.788. The molecule has 0 amide bonds. The van der Waals surface area contributed by atoms with Crippen molar-refractivity contribution >= 4 is 41.0 Å². The first-order valence-electron chi connectivity index (χ1n) is 9.08. The Hall–Kier alpha value is -3.08. The summed E-state index contributed by atoms with van der Waals surface area (Å²) in [6.45, 7) is 1.67. The van der Waals surface area contributed by atoms with E-state index in [0.717, 1.165) is 11.1 Å². The van der Waals surface area contributed by atoms with Gasteiger partial charge in [0.15, 0.2) is 12.4 Å². The third-order valence-electron chi connectivity index (χ3n) is 4.11. The molecular weight excluding hydrogens is 423 g/mol. The molecule has 0 heterocycles. The fourth-order valence-corrected chi connectivity index (χ4v) is 2.99. The van der Waals surface area contributed by atoms with E-state index in [0.29, 0.717) is 27.1 Å². The maximum absolute atomic E-state index is 12.2. The first-order valence-corrected chi connectivity index (χ1v) is 9.84. The smallest absolute Gasteiger partial charge is 0.349 e. The number of hydrogen-bond acceptors (Lipinski definition) is 4. The second-order valence-electron chi connectivity index (χ2n) is 6.47. The molecule has 6 heteroatoms. The van der Waals surface area contributed by atoms with E-state index in [-0.39, 0.29) is 12.4 Å². The molecule has 3 rings (SSSR count). The summed E-state index contributed by atoms with van der Waals surface area (Å²) in [5.41, 5.74) is 2.53. The zero-order valence-corrected chi connectivity index (χ0v) is 17.6. The number of esters is 1. The first kappa shape index (κ1) is 21.6. The van der Waals surface area contributed by atoms with Crippen LogP contribution >= 0.6 is 23.2 Å². The molecule has 4 nitrogen and oxygen atoms in total. The molecule has 0 aliphatic rings. The van der Waals surface area contributed by atoms with Gasteiger partial charge in [0.1, 0.15) is 11.5 Å². The normalized spacial score (nSPS) is 10.8. The minimum Gasteiger partial charge on any atom is -0.480 e. The molecule has 0 aromatic heterocycles. The third-order valence-corrected chi connectivity index (χ3v) is 4.64. The number of hydrogen-bond donors (Lipinski definition) is 0. The van der Waals surface area contributed by atoms with Crippen molar-refractivity contribution in [2.45, 2.75) is 6.92 Å². The molecule has 0 bridgehead atoms. The fraction of sp³-hybridized carbons (Fsp3) is 0.0833. The van der Waals surface area contributed by atoms with Crippen molar-refractivity contribution in [3.8, 4) is 11.5 Å². The predicted octanol–water partition coefficient (Wildman–Crippen LogP) is 6.18. The highest BCUT2D eigenvalue weighted by atomic mass is 35.5. The van der Waals surface area contributed by atoms with E-state index in [1.165, 1.54) is 12.1 Å². The van der Waals surface area contributed by atoms with E-state index in [2.05, 4.69) is 0 Å². The van der Waals surface area contributed by atoms with E-state index >= 15 is 0 Å². The molecular formula is C24H18Cl2O4. The molecule has 0 saturated carbocycles. The Morgan fingerprint density at radius 1 is 0.933 bits per heavy atom. The van der Waals surface area contributed by atoms with Gasteiger partial charge in [-0.25, -0.2) is 4.79 Å². The number of ether oxygens (including phenoxy) is 2. The van der Waals surface area contributed by atoms with Crippen LogP contribution in [-0.2, 0) is 4.79 Å². The van der Waals surface area contributed by atoms with Crippen molar-refractivity contribution < 1.29 is 19.1 Å². The monoisotopic (exact) mass is 440 g/mol. The van der Waals surface area contributed by atoms with Gasteiger partial charge in [-0.2, -0.15) is 0 Å². The zero-order chi connectivity index (χ0) is 21.5. The van der Waals surface area contributed by atoms with Crippen LogP contribution in [0.15, 0.2) is 72.8 Å². The van der Waals surface area contributed by atoms with Crippen LogP contribution < -0.4 is 9.47 Å². The fourth-order valence-electron chi connectivity index (χ4n) is 2.52. The van der Waals surface area contributed by atoms with Crippen LogP contribution in [-0.4, -0.2) is 18.4 Å². The topological polar surface area (TPSA) is 52.6 Å². The van der Waals surface area contributed by atoms with Gasteiger partial charge < -0.3 is 9.47 Å². The molecule has 0 fully saturated rings. The molecule has 3 aromatic carbocycles. The van der Waals surface area contributed by atoms with E-state index in [1.807, 2.05) is 19.1 Å². The maximum atomic E-state index is 12.2. The van der Waals surface area contributed by atoms with E-state index in [9.17, 15) is 9.59 Å². The van der Waals surface area contributed by atoms with Crippen LogP contribution in [0.25, 0.3) is 6.08 Å². The van der Waals surface area contributed by atoms with Gasteiger partial charge in [-0.3, -0.25) is 4.79 Å². The highest BCUT2D eigenvalue weighted by molar-refractivity contribution is 6.35. The van der Waals surface area contributed by atoms with Crippen molar-refractivity contribution in [3.63, 3.8) is 0 Å². The van der Waals surface area contributed by atoms with E-state index < -0.39 is 5.97 Å². The van der Waals surface area contributed by atoms with Gasteiger partial charge in [-0.05, 0) is 48.9 Å². The van der Waals surface area contributed by atoms with Crippen LogP contribution in [0.3, 0.4) is 0 Å². The number of aryl methyl sites for hydroxylation is 1. The molecule has 0 atom stereocenters. The Labute approximate surface area is 184 Å². The molecule has 0 aliphatic carbocycles. The lowest BCUT2D eigenvalue weighted by Crippen LogP contribution is -2.17. The standard InChI is InChI=1S/C24H18Cl2O4/c1-16-2-7-18(8-3-16)22(27)12-6-17-4-10-20(11-5-17)30-24(28)15-29-23-13-9-19(25)14-21(23)26/h2-14H,15H2,1H3/b12-6+. The van der Waals surface area contributed by atoms with E-state index in [4.69, 9.17) is 32.7 Å². The number of rotatable bonds is 7. The first-order chi connectivity index (χ1) is 14.4. The quantitative estimate of drug-likeness (QED) is 0.190. The van der Waals surface area contributed by atoms with Crippen molar-refractivity contribution in [3.05, 3.63) is 99.5 Å². The van der Waals surface area contributed by atoms with Crippen molar-refractivity contribution in [2.24, 2.45) is 0 Å². The van der Waals surface area contributed by atoms with Gasteiger partial charge >= 0.3 is 5.97 Å². The molecule has 152 valence electrons. The molecule has 0 spiro atoms. The summed E-state index contributed by atoms with van der Waals surface area (Å²) < 4.78 is 10.6. The summed E-state index contributed by atoms with van der Waals surface area (Å²) in [7, 11) is 0. The predicted molar refractivity (Wildman–Crippen MR) is 119 cm³/mol. The number of benzene rings is 3. The summed E-state index contributed by atoms with van der Waals surface area (Å²) >= 11 is 11.8. The number of halogens is 2. The zero-order valence-electron chi connectivity index (χ0n) is 16.1. The van der Waals surface area contributed by atoms with Gasteiger partial charge in [-0.1, -0.05) is 71.2 Å². The van der Waals surface area contributed by atoms with E-state index in [1.54, 1.807) is 54.6 Å². The molecule has 0 saturated heterocycles. The summed E-state index contributed by atoms with van der Waals surface area (Å²) in [4.78, 5) is 24.2. The molecule has 3 aromatic rings. The minimum atomic E-state index is -0.571. The summed E-state index contributed by atoms with van der Waals surface area (Å²) in [6, 6.07) is 18.9. The maximum Gasteiger partial charge on any atom is 0.349 e. The van der Waals surface area contributed by atoms with Crippen molar-refractivity contribution in [1.82, 2.24) is 0 Å². The third kappa shape index (κ3) is 6.21. The number of allylic oxidation sites excluding steroid dienone is 1. The van der Waals surface area contributed by atoms with Gasteiger partial charge in [0, 0.05) is 10.6 Å². The van der Waals surface area contributed by atoms with Gasteiger partial charge in [0.05, 0.1) is 5.02 Å². The highest BCUT2D eigenvalue weighted by Crippen LogP contribution is 2.27. The minimum absolute atomic E-state index is 0.0801. The Morgan fingerprint density at radius 2 is 1.63 bits per heavy atom. The van der Waals surface area contributed by atoms with Gasteiger partial charge in [-0.15, -0.1) is 0 Å². The number of carbonyl (C=O) groups is 2. The second kappa shape index (κ2) is 10.1. The van der Waals surface area contributed by atoms with Crippen LogP contribution in [0.1, 0.15) is 21.5 Å². The Morgan fingerprint density at radius 3 is 2.30 bits per heavy atom. The Balaban J connectivity index is 1.52. The molecule has 0 aliphatic heterocycles. The lowest BCUT2D eigenvalue weighted by Gasteiger charge is -2.08. The van der Waals surface area contributed by atoms with Gasteiger partial charge in [0.2, 0.25) is 0 Å². The molecule has 0 radical (unpaired) electrons. The lowest BCUT2D eigenvalue weighted by atomic mass is 10.1. The molecule has 30 heavy (non-hydrogen) atoms. The van der Waals surface area contributed by atoms with Crippen LogP contribution in [0.2, 0.25) is 10.0 Å². The van der Waals surface area contributed by atoms with Crippen molar-refractivity contribution in [2.75, 3.05) is 6.61 Å². The lowest BCUT2D eigenvalue weighted by molar-refractivity contribution is -0.136. The highest BCUT2D eigenvalue weighted by Gasteiger charge is 2.09. The average Bonchev–Trinajstić information content (AvgIpc) is 2.73. The second-order valence-corrected chi connectivity index (χ2v) is 7.31. The summed E-state index contributed by atoms with van der Waals surface area (Å²) in [5.74, 6) is 0.0620.